The van der Waals surface area contributed by atoms with Gasteiger partial charge in [-0.05, 0) is 12.0 Å². The van der Waals surface area contributed by atoms with Crippen molar-refractivity contribution in [3.8, 4) is 0 Å². The lowest BCUT2D eigenvalue weighted by Crippen LogP contribution is -2.02. The minimum absolute atomic E-state index is 0.116. The summed E-state index contributed by atoms with van der Waals surface area (Å²) in [7, 11) is 1.28. The Bertz CT molecular complexity index is 326. The first-order valence-corrected chi connectivity index (χ1v) is 4.42. The third kappa shape index (κ3) is 2.22. The summed E-state index contributed by atoms with van der Waals surface area (Å²) >= 11 is 0. The number of nitrogens with zero attached hydrogens (tertiary/aromatic N) is 1. The van der Waals surface area contributed by atoms with Crippen molar-refractivity contribution in [3.05, 3.63) is 23.1 Å². The zero-order chi connectivity index (χ0) is 10.6. The molecule has 4 nitrogen and oxygen atoms in total. The van der Waals surface area contributed by atoms with Crippen LogP contribution in [-0.4, -0.2) is 24.4 Å². The Morgan fingerprint density at radius 1 is 1.71 bits per heavy atom. The van der Waals surface area contributed by atoms with E-state index < -0.39 is 5.97 Å². The second kappa shape index (κ2) is 4.60. The number of hydrogen-bond acceptors (Lipinski definition) is 4. The standard InChI is InChI=1S/C10H13NO3/c1-3-7-4-5-11-8(6-9(7)12)10(13)14-2/h5-6,12H,3-4H2,1-2H3. The molecule has 0 aromatic carbocycles. The summed E-state index contributed by atoms with van der Waals surface area (Å²) in [6.45, 7) is 1.94. The number of aliphatic hydroxyl groups excluding tert-OH is 1. The van der Waals surface area contributed by atoms with Gasteiger partial charge >= 0.3 is 5.97 Å². The lowest BCUT2D eigenvalue weighted by molar-refractivity contribution is -0.136. The van der Waals surface area contributed by atoms with Crippen LogP contribution in [0.15, 0.2) is 28.1 Å². The Balaban J connectivity index is 2.99. The van der Waals surface area contributed by atoms with Gasteiger partial charge in [0.05, 0.1) is 7.11 Å². The number of rotatable bonds is 2. The number of methoxy groups -OCH3 is 1. The first kappa shape index (κ1) is 10.5. The Hall–Kier alpha value is -1.58. The van der Waals surface area contributed by atoms with Crippen LogP contribution in [0.4, 0.5) is 0 Å². The number of aliphatic imine (C=N–C) groups is 1. The molecule has 0 amide bonds. The predicted octanol–water partition coefficient (Wildman–Crippen LogP) is 1.74. The average Bonchev–Trinajstić information content (AvgIpc) is 2.38. The van der Waals surface area contributed by atoms with Crippen LogP contribution in [0, 0.1) is 0 Å². The molecule has 76 valence electrons. The van der Waals surface area contributed by atoms with Crippen LogP contribution in [0.5, 0.6) is 0 Å². The summed E-state index contributed by atoms with van der Waals surface area (Å²) in [5.41, 5.74) is 1.00. The van der Waals surface area contributed by atoms with E-state index in [1.165, 1.54) is 13.2 Å². The topological polar surface area (TPSA) is 58.9 Å². The Labute approximate surface area is 82.6 Å². The van der Waals surface area contributed by atoms with E-state index in [0.717, 1.165) is 12.0 Å². The van der Waals surface area contributed by atoms with Crippen LogP contribution in [0.25, 0.3) is 0 Å². The van der Waals surface area contributed by atoms with Gasteiger partial charge in [0.2, 0.25) is 0 Å². The molecule has 1 rings (SSSR count). The van der Waals surface area contributed by atoms with E-state index in [2.05, 4.69) is 9.73 Å². The van der Waals surface area contributed by atoms with Gasteiger partial charge in [0.25, 0.3) is 0 Å². The summed E-state index contributed by atoms with van der Waals surface area (Å²) in [6, 6.07) is 0. The van der Waals surface area contributed by atoms with Crippen LogP contribution in [-0.2, 0) is 9.53 Å². The van der Waals surface area contributed by atoms with Crippen LogP contribution < -0.4 is 0 Å². The van der Waals surface area contributed by atoms with Gasteiger partial charge in [-0.3, -0.25) is 4.99 Å². The average molecular weight is 195 g/mol. The lowest BCUT2D eigenvalue weighted by Gasteiger charge is -2.00. The molecule has 0 aromatic rings. The maximum atomic E-state index is 11.1. The molecular weight excluding hydrogens is 182 g/mol. The van der Waals surface area contributed by atoms with E-state index in [9.17, 15) is 9.90 Å². The molecule has 0 aliphatic carbocycles. The fourth-order valence-electron chi connectivity index (χ4n) is 1.17. The summed E-state index contributed by atoms with van der Waals surface area (Å²) in [5.74, 6) is -0.421. The Kier molecular flexibility index (Phi) is 3.45. The Morgan fingerprint density at radius 2 is 2.43 bits per heavy atom. The van der Waals surface area contributed by atoms with Gasteiger partial charge in [-0.2, -0.15) is 0 Å². The van der Waals surface area contributed by atoms with E-state index in [1.807, 2.05) is 6.92 Å². The van der Waals surface area contributed by atoms with E-state index in [0.29, 0.717) is 6.42 Å². The van der Waals surface area contributed by atoms with Crippen molar-refractivity contribution in [3.63, 3.8) is 0 Å². The SMILES string of the molecule is CCC1=C(O)C=C(C(=O)OC)N=CC1. The van der Waals surface area contributed by atoms with Gasteiger partial charge in [-0.1, -0.05) is 6.92 Å². The number of carbonyl (C=O) groups excluding carboxylic acids is 1. The molecule has 0 radical (unpaired) electrons. The highest BCUT2D eigenvalue weighted by atomic mass is 16.5. The van der Waals surface area contributed by atoms with E-state index in [-0.39, 0.29) is 11.5 Å². The van der Waals surface area contributed by atoms with Crippen molar-refractivity contribution in [1.82, 2.24) is 0 Å². The second-order valence-electron chi connectivity index (χ2n) is 2.88. The number of ether oxygens (including phenoxy) is 1. The van der Waals surface area contributed by atoms with Crippen molar-refractivity contribution in [1.29, 1.82) is 0 Å². The van der Waals surface area contributed by atoms with Crippen molar-refractivity contribution < 1.29 is 14.6 Å². The van der Waals surface area contributed by atoms with Crippen LogP contribution >= 0.6 is 0 Å². The van der Waals surface area contributed by atoms with Crippen molar-refractivity contribution in [2.45, 2.75) is 19.8 Å². The minimum atomic E-state index is -0.537. The van der Waals surface area contributed by atoms with Gasteiger partial charge in [0.1, 0.15) is 5.76 Å². The largest absolute Gasteiger partial charge is 0.508 e. The molecule has 1 heterocycles. The number of hydrogen-bond donors (Lipinski definition) is 1. The predicted molar refractivity (Wildman–Crippen MR) is 53.2 cm³/mol. The number of carbonyl (C=O) groups is 1. The van der Waals surface area contributed by atoms with Gasteiger partial charge in [0.15, 0.2) is 5.70 Å². The molecule has 0 unspecified atom stereocenters. The highest BCUT2D eigenvalue weighted by Gasteiger charge is 2.12. The molecule has 0 aromatic heterocycles. The van der Waals surface area contributed by atoms with Gasteiger partial charge in [-0.25, -0.2) is 4.79 Å². The van der Waals surface area contributed by atoms with Crippen LogP contribution in [0.3, 0.4) is 0 Å². The molecular formula is C10H13NO3. The minimum Gasteiger partial charge on any atom is -0.508 e. The van der Waals surface area contributed by atoms with E-state index in [1.54, 1.807) is 6.21 Å². The third-order valence-electron chi connectivity index (χ3n) is 2.03. The van der Waals surface area contributed by atoms with Crippen molar-refractivity contribution >= 4 is 12.2 Å². The first-order chi connectivity index (χ1) is 6.69. The molecule has 14 heavy (non-hydrogen) atoms. The maximum Gasteiger partial charge on any atom is 0.356 e. The molecule has 1 aliphatic rings. The highest BCUT2D eigenvalue weighted by Crippen LogP contribution is 2.17. The van der Waals surface area contributed by atoms with Crippen LogP contribution in [0.1, 0.15) is 19.8 Å². The number of esters is 1. The molecule has 0 saturated carbocycles. The second-order valence-corrected chi connectivity index (χ2v) is 2.88. The maximum absolute atomic E-state index is 11.1. The van der Waals surface area contributed by atoms with E-state index >= 15 is 0 Å². The zero-order valence-corrected chi connectivity index (χ0v) is 8.28. The molecule has 4 heteroatoms. The monoisotopic (exact) mass is 195 g/mol. The fraction of sp³-hybridized carbons (Fsp3) is 0.400. The summed E-state index contributed by atoms with van der Waals surface area (Å²) in [4.78, 5) is 15.0. The third-order valence-corrected chi connectivity index (χ3v) is 2.03. The molecule has 0 atom stereocenters. The smallest absolute Gasteiger partial charge is 0.356 e. The number of aliphatic hydroxyl groups is 1. The van der Waals surface area contributed by atoms with Gasteiger partial charge in [-0.15, -0.1) is 0 Å². The molecule has 1 N–H and O–H groups in total. The number of allylic oxidation sites excluding steroid dienone is 2. The van der Waals surface area contributed by atoms with Gasteiger partial charge in [0, 0.05) is 18.7 Å². The van der Waals surface area contributed by atoms with E-state index in [4.69, 9.17) is 0 Å². The molecule has 0 fully saturated rings. The van der Waals surface area contributed by atoms with Crippen LogP contribution in [0.2, 0.25) is 0 Å². The molecule has 1 aliphatic heterocycles. The molecule has 0 saturated heterocycles. The zero-order valence-electron chi connectivity index (χ0n) is 8.28. The summed E-state index contributed by atoms with van der Waals surface area (Å²) in [6.07, 6.45) is 4.25. The quantitative estimate of drug-likeness (QED) is 0.683. The summed E-state index contributed by atoms with van der Waals surface area (Å²) < 4.78 is 4.51. The van der Waals surface area contributed by atoms with Gasteiger partial charge < -0.3 is 9.84 Å². The highest BCUT2D eigenvalue weighted by molar-refractivity contribution is 5.90. The fourth-order valence-corrected chi connectivity index (χ4v) is 1.17. The molecule has 0 spiro atoms. The van der Waals surface area contributed by atoms with Crippen molar-refractivity contribution in [2.75, 3.05) is 7.11 Å². The first-order valence-electron chi connectivity index (χ1n) is 4.42. The normalized spacial score (nSPS) is 16.3. The molecule has 0 bridgehead atoms. The lowest BCUT2D eigenvalue weighted by atomic mass is 10.1. The Morgan fingerprint density at radius 3 is 3.00 bits per heavy atom. The van der Waals surface area contributed by atoms with Crippen molar-refractivity contribution in [2.24, 2.45) is 4.99 Å². The summed E-state index contributed by atoms with van der Waals surface area (Å²) in [5, 5.41) is 9.58.